The molecule has 1 heterocycles. The summed E-state index contributed by atoms with van der Waals surface area (Å²) in [6.45, 7) is 0.509. The number of carbonyl (C=O) groups is 1. The van der Waals surface area contributed by atoms with Gasteiger partial charge in [-0.3, -0.25) is 4.79 Å². The molecule has 0 atom stereocenters. The van der Waals surface area contributed by atoms with Crippen LogP contribution in [-0.2, 0) is 6.54 Å². The molecular weight excluding hydrogens is 335 g/mol. The van der Waals surface area contributed by atoms with Crippen molar-refractivity contribution in [1.82, 2.24) is 4.57 Å². The lowest BCUT2D eigenvalue weighted by atomic mass is 10.1. The maximum absolute atomic E-state index is 13.0. The highest BCUT2D eigenvalue weighted by atomic mass is 35.5. The Balaban J connectivity index is 1.80. The van der Waals surface area contributed by atoms with Gasteiger partial charge in [0.05, 0.1) is 17.1 Å². The van der Waals surface area contributed by atoms with Gasteiger partial charge in [-0.25, -0.2) is 4.39 Å². The van der Waals surface area contributed by atoms with Gasteiger partial charge in [-0.05, 0) is 30.3 Å². The number of halogens is 2. The number of nitrogens with zero attached hydrogens (tertiary/aromatic N) is 1. The van der Waals surface area contributed by atoms with Gasteiger partial charge in [0.1, 0.15) is 18.2 Å². The Bertz CT molecular complexity index is 924. The maximum Gasteiger partial charge on any atom is 0.248 e. The fourth-order valence-corrected chi connectivity index (χ4v) is 2.69. The first-order chi connectivity index (χ1) is 11.5. The number of aromatic nitrogens is 1. The molecule has 7 heteroatoms. The van der Waals surface area contributed by atoms with Gasteiger partial charge in [-0.2, -0.15) is 0 Å². The normalized spacial score (nSPS) is 10.9. The zero-order valence-electron chi connectivity index (χ0n) is 12.5. The second-order valence-corrected chi connectivity index (χ2v) is 5.62. The summed E-state index contributed by atoms with van der Waals surface area (Å²) in [5, 5.41) is 11.0. The summed E-state index contributed by atoms with van der Waals surface area (Å²) >= 11 is 5.90. The lowest BCUT2D eigenvalue weighted by Crippen LogP contribution is -2.11. The number of hydrogen-bond acceptors (Lipinski definition) is 3. The van der Waals surface area contributed by atoms with E-state index in [0.717, 1.165) is 5.39 Å². The molecule has 0 aliphatic rings. The minimum Gasteiger partial charge on any atom is -0.494 e. The molecule has 0 saturated heterocycles. The van der Waals surface area contributed by atoms with Gasteiger partial charge in [0.2, 0.25) is 5.91 Å². The van der Waals surface area contributed by atoms with E-state index < -0.39 is 11.7 Å². The first-order valence-electron chi connectivity index (χ1n) is 7.15. The molecule has 3 N–H and O–H groups in total. The van der Waals surface area contributed by atoms with Crippen LogP contribution in [0.2, 0.25) is 5.02 Å². The number of aromatic hydroxyl groups is 1. The van der Waals surface area contributed by atoms with Crippen LogP contribution in [-0.4, -0.2) is 22.2 Å². The average molecular weight is 349 g/mol. The summed E-state index contributed by atoms with van der Waals surface area (Å²) in [5.74, 6) is -0.592. The molecule has 0 aliphatic carbocycles. The van der Waals surface area contributed by atoms with Crippen molar-refractivity contribution in [2.75, 3.05) is 6.61 Å². The zero-order chi connectivity index (χ0) is 17.3. The zero-order valence-corrected chi connectivity index (χ0v) is 13.3. The number of amides is 1. The Hall–Kier alpha value is -2.73. The summed E-state index contributed by atoms with van der Waals surface area (Å²) in [4.78, 5) is 11.3. The van der Waals surface area contributed by atoms with Gasteiger partial charge in [-0.15, -0.1) is 0 Å². The largest absolute Gasteiger partial charge is 0.494 e. The molecule has 3 aromatic rings. The molecule has 0 spiro atoms. The Morgan fingerprint density at radius 3 is 2.75 bits per heavy atom. The Kier molecular flexibility index (Phi) is 4.31. The fourth-order valence-electron chi connectivity index (χ4n) is 2.47. The van der Waals surface area contributed by atoms with Gasteiger partial charge in [0, 0.05) is 17.0 Å². The SMILES string of the molecule is NC(=O)c1ccc2cc(O)n(CCOc3ccc(F)cc3Cl)c2c1. The van der Waals surface area contributed by atoms with E-state index in [2.05, 4.69) is 0 Å². The Morgan fingerprint density at radius 2 is 2.04 bits per heavy atom. The number of benzene rings is 2. The highest BCUT2D eigenvalue weighted by Crippen LogP contribution is 2.27. The predicted molar refractivity (Wildman–Crippen MR) is 89.0 cm³/mol. The van der Waals surface area contributed by atoms with E-state index in [0.29, 0.717) is 23.4 Å². The number of ether oxygens (including phenoxy) is 1. The lowest BCUT2D eigenvalue weighted by molar-refractivity contribution is 0.100. The van der Waals surface area contributed by atoms with Crippen LogP contribution < -0.4 is 10.5 Å². The van der Waals surface area contributed by atoms with E-state index in [1.165, 1.54) is 18.2 Å². The highest BCUT2D eigenvalue weighted by molar-refractivity contribution is 6.32. The van der Waals surface area contributed by atoms with E-state index >= 15 is 0 Å². The molecule has 3 rings (SSSR count). The van der Waals surface area contributed by atoms with Crippen LogP contribution in [0.3, 0.4) is 0 Å². The standard InChI is InChI=1S/C17H14ClFN2O3/c18-13-9-12(19)3-4-15(13)24-6-5-21-14-7-11(17(20)23)2-1-10(14)8-16(21)22/h1-4,7-9,22H,5-6H2,(H2,20,23). The smallest absolute Gasteiger partial charge is 0.248 e. The lowest BCUT2D eigenvalue weighted by Gasteiger charge is -2.11. The number of primary amides is 1. The first-order valence-corrected chi connectivity index (χ1v) is 7.53. The first kappa shape index (κ1) is 16.1. The summed E-state index contributed by atoms with van der Waals surface area (Å²) in [6.07, 6.45) is 0. The van der Waals surface area contributed by atoms with Crippen molar-refractivity contribution >= 4 is 28.4 Å². The van der Waals surface area contributed by atoms with Crippen LogP contribution in [0, 0.1) is 5.82 Å². The molecule has 0 saturated carbocycles. The van der Waals surface area contributed by atoms with Crippen molar-refractivity contribution in [3.05, 3.63) is 58.9 Å². The molecule has 1 amide bonds. The van der Waals surface area contributed by atoms with Crippen LogP contribution >= 0.6 is 11.6 Å². The summed E-state index contributed by atoms with van der Waals surface area (Å²) in [7, 11) is 0. The van der Waals surface area contributed by atoms with Crippen molar-refractivity contribution in [3.63, 3.8) is 0 Å². The summed E-state index contributed by atoms with van der Waals surface area (Å²) < 4.78 is 20.1. The average Bonchev–Trinajstić information content (AvgIpc) is 2.84. The third-order valence-electron chi connectivity index (χ3n) is 3.63. The minimum absolute atomic E-state index is 0.0421. The molecule has 124 valence electrons. The van der Waals surface area contributed by atoms with E-state index in [1.54, 1.807) is 28.8 Å². The molecule has 0 aliphatic heterocycles. The molecular formula is C17H14ClFN2O3. The third kappa shape index (κ3) is 3.14. The van der Waals surface area contributed by atoms with E-state index in [1.807, 2.05) is 0 Å². The molecule has 0 unspecified atom stereocenters. The van der Waals surface area contributed by atoms with Crippen LogP contribution in [0.5, 0.6) is 11.6 Å². The van der Waals surface area contributed by atoms with Crippen LogP contribution in [0.25, 0.3) is 10.9 Å². The Morgan fingerprint density at radius 1 is 1.25 bits per heavy atom. The number of rotatable bonds is 5. The third-order valence-corrected chi connectivity index (χ3v) is 3.93. The molecule has 1 aromatic heterocycles. The number of hydrogen-bond donors (Lipinski definition) is 2. The highest BCUT2D eigenvalue weighted by Gasteiger charge is 2.11. The summed E-state index contributed by atoms with van der Waals surface area (Å²) in [5.41, 5.74) is 6.30. The summed E-state index contributed by atoms with van der Waals surface area (Å²) in [6, 6.07) is 10.4. The van der Waals surface area contributed by atoms with E-state index in [9.17, 15) is 14.3 Å². The van der Waals surface area contributed by atoms with Gasteiger partial charge in [0.25, 0.3) is 0 Å². The van der Waals surface area contributed by atoms with Crippen LogP contribution in [0.1, 0.15) is 10.4 Å². The quantitative estimate of drug-likeness (QED) is 0.742. The number of carbonyl (C=O) groups excluding carboxylic acids is 1. The molecule has 5 nitrogen and oxygen atoms in total. The fraction of sp³-hybridized carbons (Fsp3) is 0.118. The van der Waals surface area contributed by atoms with Crippen LogP contribution in [0.15, 0.2) is 42.5 Å². The molecule has 0 bridgehead atoms. The van der Waals surface area contributed by atoms with Gasteiger partial charge < -0.3 is 20.1 Å². The van der Waals surface area contributed by atoms with Crippen molar-refractivity contribution in [2.45, 2.75) is 6.54 Å². The monoisotopic (exact) mass is 348 g/mol. The minimum atomic E-state index is -0.543. The molecule has 2 aromatic carbocycles. The van der Waals surface area contributed by atoms with E-state index in [4.69, 9.17) is 22.1 Å². The second-order valence-electron chi connectivity index (χ2n) is 5.22. The van der Waals surface area contributed by atoms with Crippen molar-refractivity contribution in [1.29, 1.82) is 0 Å². The Labute approximate surface area is 142 Å². The van der Waals surface area contributed by atoms with Gasteiger partial charge in [0.15, 0.2) is 5.88 Å². The molecule has 0 radical (unpaired) electrons. The predicted octanol–water partition coefficient (Wildman–Crippen LogP) is 3.32. The molecule has 24 heavy (non-hydrogen) atoms. The van der Waals surface area contributed by atoms with Gasteiger partial charge >= 0.3 is 0 Å². The topological polar surface area (TPSA) is 77.5 Å². The second kappa shape index (κ2) is 6.41. The number of fused-ring (bicyclic) bond motifs is 1. The van der Waals surface area contributed by atoms with Crippen molar-refractivity contribution in [3.8, 4) is 11.6 Å². The van der Waals surface area contributed by atoms with Crippen molar-refractivity contribution < 1.29 is 19.0 Å². The van der Waals surface area contributed by atoms with E-state index in [-0.39, 0.29) is 17.5 Å². The van der Waals surface area contributed by atoms with Crippen molar-refractivity contribution in [2.24, 2.45) is 5.73 Å². The maximum atomic E-state index is 13.0. The number of nitrogens with two attached hydrogens (primary N) is 1. The molecule has 0 fully saturated rings. The van der Waals surface area contributed by atoms with Crippen LogP contribution in [0.4, 0.5) is 4.39 Å². The van der Waals surface area contributed by atoms with Gasteiger partial charge in [-0.1, -0.05) is 17.7 Å².